The van der Waals surface area contributed by atoms with Crippen LogP contribution in [0.2, 0.25) is 0 Å². The van der Waals surface area contributed by atoms with Gasteiger partial charge in [-0.3, -0.25) is 0 Å². The maximum Gasteiger partial charge on any atom is 0.336 e. The van der Waals surface area contributed by atoms with Crippen LogP contribution in [-0.2, 0) is 0 Å². The van der Waals surface area contributed by atoms with Gasteiger partial charge in [-0.05, 0) is 0 Å². The highest BCUT2D eigenvalue weighted by atomic mass is 32.2. The van der Waals surface area contributed by atoms with E-state index >= 15 is 0 Å². The molecule has 1 aliphatic rings. The van der Waals surface area contributed by atoms with E-state index in [9.17, 15) is 26.3 Å². The fourth-order valence-corrected chi connectivity index (χ4v) is 1.89. The van der Waals surface area contributed by atoms with Crippen LogP contribution in [-0.4, -0.2) is 29.3 Å². The SMILES string of the molecule is FC(F)C1(F)C(F)CSC1(F)F. The fourth-order valence-electron chi connectivity index (χ4n) is 0.856. The van der Waals surface area contributed by atoms with Gasteiger partial charge in [0.15, 0.2) is 6.17 Å². The Morgan fingerprint density at radius 1 is 1.25 bits per heavy atom. The largest absolute Gasteiger partial charge is 0.336 e. The highest BCUT2D eigenvalue weighted by molar-refractivity contribution is 8.00. The van der Waals surface area contributed by atoms with Crippen molar-refractivity contribution in [3.63, 3.8) is 0 Å². The van der Waals surface area contributed by atoms with Crippen LogP contribution < -0.4 is 0 Å². The van der Waals surface area contributed by atoms with Crippen LogP contribution in [0.15, 0.2) is 0 Å². The van der Waals surface area contributed by atoms with Gasteiger partial charge in [0.25, 0.3) is 12.1 Å². The highest BCUT2D eigenvalue weighted by Crippen LogP contribution is 2.54. The van der Waals surface area contributed by atoms with Crippen LogP contribution >= 0.6 is 11.8 Å². The molecule has 0 saturated carbocycles. The van der Waals surface area contributed by atoms with Crippen molar-refractivity contribution in [1.29, 1.82) is 0 Å². The van der Waals surface area contributed by atoms with E-state index in [0.717, 1.165) is 0 Å². The molecule has 2 unspecified atom stereocenters. The summed E-state index contributed by atoms with van der Waals surface area (Å²) in [4.78, 5) is 0. The van der Waals surface area contributed by atoms with Crippen LogP contribution in [0.4, 0.5) is 26.3 Å². The summed E-state index contributed by atoms with van der Waals surface area (Å²) in [6.45, 7) is 0. The first-order valence-electron chi connectivity index (χ1n) is 2.95. The lowest BCUT2D eigenvalue weighted by Crippen LogP contribution is -2.50. The maximum atomic E-state index is 12.7. The first-order valence-corrected chi connectivity index (χ1v) is 3.94. The lowest BCUT2D eigenvalue weighted by Gasteiger charge is -2.25. The summed E-state index contributed by atoms with van der Waals surface area (Å²) in [5.74, 6) is -0.937. The predicted octanol–water partition coefficient (Wildman–Crippen LogP) is 2.64. The average Bonchev–Trinajstić information content (AvgIpc) is 2.15. The smallest absolute Gasteiger partial charge is 0.242 e. The molecule has 1 saturated heterocycles. The van der Waals surface area contributed by atoms with Crippen molar-refractivity contribution in [2.45, 2.75) is 23.5 Å². The zero-order valence-electron chi connectivity index (χ0n) is 5.54. The molecule has 0 N–H and O–H groups in total. The lowest BCUT2D eigenvalue weighted by atomic mass is 10.0. The van der Waals surface area contributed by atoms with Crippen molar-refractivity contribution in [1.82, 2.24) is 0 Å². The summed E-state index contributed by atoms with van der Waals surface area (Å²) in [7, 11) is 0. The normalized spacial score (nSPS) is 40.8. The third kappa shape index (κ3) is 1.09. The van der Waals surface area contributed by atoms with E-state index in [2.05, 4.69) is 0 Å². The average molecular weight is 210 g/mol. The summed E-state index contributed by atoms with van der Waals surface area (Å²) in [5, 5.41) is -4.33. The van der Waals surface area contributed by atoms with Crippen LogP contribution in [0.3, 0.4) is 0 Å². The molecule has 7 heteroatoms. The molecule has 1 fully saturated rings. The topological polar surface area (TPSA) is 0 Å². The number of halogens is 6. The second-order valence-electron chi connectivity index (χ2n) is 2.36. The van der Waals surface area contributed by atoms with Gasteiger partial charge in [-0.1, -0.05) is 11.8 Å². The van der Waals surface area contributed by atoms with Crippen molar-refractivity contribution in [2.75, 3.05) is 5.75 Å². The molecule has 2 atom stereocenters. The minimum Gasteiger partial charge on any atom is -0.242 e. The van der Waals surface area contributed by atoms with Gasteiger partial charge in [-0.15, -0.1) is 0 Å². The quantitative estimate of drug-likeness (QED) is 0.599. The van der Waals surface area contributed by atoms with Crippen molar-refractivity contribution in [3.05, 3.63) is 0 Å². The Labute approximate surface area is 68.3 Å². The molecular weight excluding hydrogens is 206 g/mol. The monoisotopic (exact) mass is 210 g/mol. The van der Waals surface area contributed by atoms with Gasteiger partial charge in [-0.2, -0.15) is 8.78 Å². The summed E-state index contributed by atoms with van der Waals surface area (Å²) in [6.07, 6.45) is -6.81. The van der Waals surface area contributed by atoms with Crippen LogP contribution in [0.1, 0.15) is 0 Å². The summed E-state index contributed by atoms with van der Waals surface area (Å²) >= 11 is -0.420. The molecule has 12 heavy (non-hydrogen) atoms. The van der Waals surface area contributed by atoms with E-state index in [1.807, 2.05) is 0 Å². The van der Waals surface area contributed by atoms with Gasteiger partial charge in [0.1, 0.15) is 0 Å². The summed E-state index contributed by atoms with van der Waals surface area (Å²) < 4.78 is 73.3. The zero-order chi connectivity index (χ0) is 9.57. The van der Waals surface area contributed by atoms with Gasteiger partial charge in [0, 0.05) is 5.75 Å². The summed E-state index contributed by atoms with van der Waals surface area (Å²) in [6, 6.07) is 0. The predicted molar refractivity (Wildman–Crippen MR) is 32.1 cm³/mol. The van der Waals surface area contributed by atoms with Crippen molar-refractivity contribution >= 4 is 11.8 Å². The van der Waals surface area contributed by atoms with Gasteiger partial charge in [0.05, 0.1) is 0 Å². The van der Waals surface area contributed by atoms with E-state index in [1.165, 1.54) is 0 Å². The number of alkyl halides is 6. The fraction of sp³-hybridized carbons (Fsp3) is 1.00. The standard InChI is InChI=1S/C5H4F6S/c6-2-1-12-5(10,11)4(2,9)3(7)8/h2-3H,1H2. The first kappa shape index (κ1) is 10.0. The van der Waals surface area contributed by atoms with E-state index in [4.69, 9.17) is 0 Å². The maximum absolute atomic E-state index is 12.7. The van der Waals surface area contributed by atoms with E-state index in [1.54, 1.807) is 0 Å². The molecule has 0 amide bonds. The molecule has 0 nitrogen and oxygen atoms in total. The van der Waals surface area contributed by atoms with Gasteiger partial charge in [-0.25, -0.2) is 17.6 Å². The van der Waals surface area contributed by atoms with Gasteiger partial charge >= 0.3 is 5.25 Å². The first-order chi connectivity index (χ1) is 5.32. The molecule has 0 spiro atoms. The molecule has 0 aromatic rings. The highest BCUT2D eigenvalue weighted by Gasteiger charge is 2.71. The molecule has 72 valence electrons. The van der Waals surface area contributed by atoms with E-state index < -0.39 is 41.0 Å². The van der Waals surface area contributed by atoms with Crippen LogP contribution in [0.5, 0.6) is 0 Å². The number of thioether (sulfide) groups is 1. The number of rotatable bonds is 1. The zero-order valence-corrected chi connectivity index (χ0v) is 6.35. The molecule has 1 rings (SSSR count). The Hall–Kier alpha value is -0.0700. The lowest BCUT2D eigenvalue weighted by molar-refractivity contribution is -0.166. The Morgan fingerprint density at radius 2 is 1.75 bits per heavy atom. The van der Waals surface area contributed by atoms with Gasteiger partial charge < -0.3 is 0 Å². The minimum absolute atomic E-state index is 0.420. The van der Waals surface area contributed by atoms with Crippen molar-refractivity contribution in [3.8, 4) is 0 Å². The molecule has 0 aromatic heterocycles. The van der Waals surface area contributed by atoms with E-state index in [0.29, 0.717) is 0 Å². The number of hydrogen-bond donors (Lipinski definition) is 0. The van der Waals surface area contributed by atoms with Crippen molar-refractivity contribution in [2.24, 2.45) is 0 Å². The Kier molecular flexibility index (Phi) is 2.26. The minimum atomic E-state index is -4.33. The van der Waals surface area contributed by atoms with Crippen LogP contribution in [0, 0.1) is 0 Å². The Bertz CT molecular complexity index is 183. The molecule has 0 radical (unpaired) electrons. The summed E-state index contributed by atoms with van der Waals surface area (Å²) in [5.41, 5.74) is -4.32. The van der Waals surface area contributed by atoms with Crippen LogP contribution in [0.25, 0.3) is 0 Å². The molecule has 1 heterocycles. The van der Waals surface area contributed by atoms with Crippen molar-refractivity contribution < 1.29 is 26.3 Å². The third-order valence-electron chi connectivity index (χ3n) is 1.63. The van der Waals surface area contributed by atoms with Gasteiger partial charge in [0.2, 0.25) is 0 Å². The third-order valence-corrected chi connectivity index (χ3v) is 2.77. The molecule has 1 aliphatic heterocycles. The second kappa shape index (κ2) is 2.71. The van der Waals surface area contributed by atoms with E-state index in [-0.39, 0.29) is 0 Å². The second-order valence-corrected chi connectivity index (χ2v) is 3.50. The molecule has 0 aliphatic carbocycles. The Morgan fingerprint density at radius 3 is 1.92 bits per heavy atom. The number of hydrogen-bond acceptors (Lipinski definition) is 1. The molecule has 0 bridgehead atoms. The molecule has 0 aromatic carbocycles. The molecular formula is C5H4F6S. The Balaban J connectivity index is 2.97.